The van der Waals surface area contributed by atoms with Crippen molar-refractivity contribution in [1.82, 2.24) is 4.98 Å². The molecule has 0 bridgehead atoms. The van der Waals surface area contributed by atoms with Gasteiger partial charge in [0.1, 0.15) is 0 Å². The molecule has 4 aromatic carbocycles. The average molecular weight is 515 g/mol. The number of fused-ring (bicyclic) bond motifs is 3. The number of nitrogens with zero attached hydrogens (tertiary/aromatic N) is 1. The first-order valence-corrected chi connectivity index (χ1v) is 11.3. The lowest BCUT2D eigenvalue weighted by Gasteiger charge is -2.10. The quantitative estimate of drug-likeness (QED) is 0.219. The van der Waals surface area contributed by atoms with Gasteiger partial charge in [0.25, 0.3) is 0 Å². The predicted molar refractivity (Wildman–Crippen MR) is 135 cm³/mol. The maximum Gasteiger partial charge on any atom is 0.0722 e. The third-order valence-electron chi connectivity index (χ3n) is 5.19. The van der Waals surface area contributed by atoms with Gasteiger partial charge in [0.05, 0.1) is 11.2 Å². The van der Waals surface area contributed by atoms with E-state index in [1.807, 2.05) is 0 Å². The molecule has 1 nitrogen and oxygen atoms in total. The van der Waals surface area contributed by atoms with Crippen molar-refractivity contribution >= 4 is 65.7 Å². The summed E-state index contributed by atoms with van der Waals surface area (Å²) < 4.78 is 2.14. The maximum absolute atomic E-state index is 5.00. The van der Waals surface area contributed by atoms with Gasteiger partial charge in [-0.3, -0.25) is 0 Å². The molecule has 0 aliphatic heterocycles. The van der Waals surface area contributed by atoms with Crippen molar-refractivity contribution in [3.05, 3.63) is 111 Å². The first kappa shape index (κ1) is 19.2. The zero-order chi connectivity index (χ0) is 20.5. The van der Waals surface area contributed by atoms with E-state index in [4.69, 9.17) is 4.98 Å². The van der Waals surface area contributed by atoms with Gasteiger partial charge in [-0.25, -0.2) is 4.98 Å². The molecule has 0 radical (unpaired) electrons. The highest BCUT2D eigenvalue weighted by Crippen LogP contribution is 2.32. The van der Waals surface area contributed by atoms with Crippen LogP contribution in [-0.4, -0.2) is 4.98 Å². The van der Waals surface area contributed by atoms with Crippen LogP contribution in [0.5, 0.6) is 0 Å². The van der Waals surface area contributed by atoms with E-state index in [-0.39, 0.29) is 0 Å². The molecular formula is C27H17Br2N. The van der Waals surface area contributed by atoms with Crippen molar-refractivity contribution in [2.75, 3.05) is 0 Å². The van der Waals surface area contributed by atoms with Crippen molar-refractivity contribution in [3.63, 3.8) is 0 Å². The van der Waals surface area contributed by atoms with E-state index < -0.39 is 0 Å². The molecule has 0 aliphatic carbocycles. The van der Waals surface area contributed by atoms with Crippen LogP contribution in [0, 0.1) is 0 Å². The molecule has 0 aliphatic rings. The zero-order valence-corrected chi connectivity index (χ0v) is 19.2. The van der Waals surface area contributed by atoms with Crippen molar-refractivity contribution in [1.29, 1.82) is 0 Å². The molecular weight excluding hydrogens is 498 g/mol. The minimum absolute atomic E-state index is 0.973. The SMILES string of the molecule is Brc1ccc(C=Cc2cc(-c3ccc(Br)cc3)nc3ccc4ccccc4c23)cc1. The van der Waals surface area contributed by atoms with Gasteiger partial charge in [0.2, 0.25) is 0 Å². The summed E-state index contributed by atoms with van der Waals surface area (Å²) in [6.45, 7) is 0. The molecule has 1 heterocycles. The first-order chi connectivity index (χ1) is 14.7. The van der Waals surface area contributed by atoms with Crippen LogP contribution in [0.25, 0.3) is 45.1 Å². The molecule has 0 atom stereocenters. The molecule has 144 valence electrons. The molecule has 0 N–H and O–H groups in total. The molecule has 1 aromatic heterocycles. The minimum Gasteiger partial charge on any atom is -0.248 e. The molecule has 0 amide bonds. The topological polar surface area (TPSA) is 12.9 Å². The Kier molecular flexibility index (Phi) is 5.24. The second-order valence-electron chi connectivity index (χ2n) is 7.17. The van der Waals surface area contributed by atoms with Crippen LogP contribution in [0.4, 0.5) is 0 Å². The highest BCUT2D eigenvalue weighted by atomic mass is 79.9. The van der Waals surface area contributed by atoms with Gasteiger partial charge in [0, 0.05) is 19.9 Å². The van der Waals surface area contributed by atoms with E-state index in [9.17, 15) is 0 Å². The molecule has 0 unspecified atom stereocenters. The largest absolute Gasteiger partial charge is 0.248 e. The van der Waals surface area contributed by atoms with Crippen molar-refractivity contribution in [2.24, 2.45) is 0 Å². The lowest BCUT2D eigenvalue weighted by molar-refractivity contribution is 1.39. The highest BCUT2D eigenvalue weighted by molar-refractivity contribution is 9.10. The summed E-state index contributed by atoms with van der Waals surface area (Å²) in [5.41, 5.74) is 5.41. The first-order valence-electron chi connectivity index (χ1n) is 9.69. The number of hydrogen-bond donors (Lipinski definition) is 0. The Hall–Kier alpha value is -2.75. The summed E-state index contributed by atoms with van der Waals surface area (Å²) in [5.74, 6) is 0. The standard InChI is InChI=1S/C27H17Br2N/c28-22-12-6-18(7-13-22)5-8-21-17-26(20-9-14-23(29)15-10-20)30-25-16-11-19-3-1-2-4-24(19)27(21)25/h1-17H. The van der Waals surface area contributed by atoms with E-state index in [1.165, 1.54) is 16.2 Å². The Morgan fingerprint density at radius 2 is 1.37 bits per heavy atom. The Balaban J connectivity index is 1.74. The van der Waals surface area contributed by atoms with E-state index in [0.29, 0.717) is 0 Å². The van der Waals surface area contributed by atoms with Crippen LogP contribution in [0.3, 0.4) is 0 Å². The predicted octanol–water partition coefficient (Wildman–Crippen LogP) is 8.75. The highest BCUT2D eigenvalue weighted by Gasteiger charge is 2.09. The monoisotopic (exact) mass is 513 g/mol. The number of benzene rings is 4. The summed E-state index contributed by atoms with van der Waals surface area (Å²) in [6, 6.07) is 31.6. The summed E-state index contributed by atoms with van der Waals surface area (Å²) in [4.78, 5) is 5.00. The number of pyridine rings is 1. The van der Waals surface area contributed by atoms with Gasteiger partial charge >= 0.3 is 0 Å². The van der Waals surface area contributed by atoms with Crippen LogP contribution in [0.15, 0.2) is 99.9 Å². The Bertz CT molecular complexity index is 1390. The van der Waals surface area contributed by atoms with Crippen molar-refractivity contribution in [3.8, 4) is 11.3 Å². The lowest BCUT2D eigenvalue weighted by atomic mass is 9.98. The molecule has 0 saturated heterocycles. The molecule has 0 fully saturated rings. The van der Waals surface area contributed by atoms with Crippen molar-refractivity contribution < 1.29 is 0 Å². The molecule has 0 saturated carbocycles. The maximum atomic E-state index is 5.00. The molecule has 3 heteroatoms. The number of hydrogen-bond acceptors (Lipinski definition) is 1. The summed E-state index contributed by atoms with van der Waals surface area (Å²) in [7, 11) is 0. The Morgan fingerprint density at radius 3 is 2.13 bits per heavy atom. The molecule has 0 spiro atoms. The van der Waals surface area contributed by atoms with Crippen LogP contribution < -0.4 is 0 Å². The van der Waals surface area contributed by atoms with E-state index in [0.717, 1.165) is 36.8 Å². The normalized spacial score (nSPS) is 11.5. The minimum atomic E-state index is 0.973. The fraction of sp³-hybridized carbons (Fsp3) is 0. The smallest absolute Gasteiger partial charge is 0.0722 e. The van der Waals surface area contributed by atoms with E-state index in [2.05, 4.69) is 135 Å². The van der Waals surface area contributed by atoms with Gasteiger partial charge in [-0.05, 0) is 58.3 Å². The van der Waals surface area contributed by atoms with Crippen LogP contribution in [0.2, 0.25) is 0 Å². The van der Waals surface area contributed by atoms with Crippen molar-refractivity contribution in [2.45, 2.75) is 0 Å². The van der Waals surface area contributed by atoms with Gasteiger partial charge in [-0.2, -0.15) is 0 Å². The second kappa shape index (κ2) is 8.17. The number of rotatable bonds is 3. The molecule has 5 rings (SSSR count). The number of halogens is 2. The van der Waals surface area contributed by atoms with Gasteiger partial charge in [0.15, 0.2) is 0 Å². The number of aromatic nitrogens is 1. The summed E-state index contributed by atoms with van der Waals surface area (Å²) >= 11 is 7.03. The summed E-state index contributed by atoms with van der Waals surface area (Å²) in [5, 5.41) is 3.63. The van der Waals surface area contributed by atoms with Crippen LogP contribution in [0.1, 0.15) is 11.1 Å². The van der Waals surface area contributed by atoms with Gasteiger partial charge in [-0.15, -0.1) is 0 Å². The molecule has 5 aromatic rings. The second-order valence-corrected chi connectivity index (χ2v) is 9.00. The summed E-state index contributed by atoms with van der Waals surface area (Å²) in [6.07, 6.45) is 4.36. The third-order valence-corrected chi connectivity index (χ3v) is 6.25. The van der Waals surface area contributed by atoms with E-state index >= 15 is 0 Å². The Morgan fingerprint density at radius 1 is 0.667 bits per heavy atom. The van der Waals surface area contributed by atoms with Crippen LogP contribution in [-0.2, 0) is 0 Å². The van der Waals surface area contributed by atoms with Crippen LogP contribution >= 0.6 is 31.9 Å². The van der Waals surface area contributed by atoms with Gasteiger partial charge in [-0.1, -0.05) is 98.6 Å². The third kappa shape index (κ3) is 3.83. The molecule has 30 heavy (non-hydrogen) atoms. The average Bonchev–Trinajstić information content (AvgIpc) is 2.78. The van der Waals surface area contributed by atoms with E-state index in [1.54, 1.807) is 0 Å². The lowest BCUT2D eigenvalue weighted by Crippen LogP contribution is -1.90. The fourth-order valence-electron chi connectivity index (χ4n) is 3.70. The van der Waals surface area contributed by atoms with Gasteiger partial charge < -0.3 is 0 Å². The fourth-order valence-corrected chi connectivity index (χ4v) is 4.23. The zero-order valence-electron chi connectivity index (χ0n) is 16.0. The Labute approximate surface area is 192 Å².